The molecule has 0 spiro atoms. The summed E-state index contributed by atoms with van der Waals surface area (Å²) >= 11 is 0. The summed E-state index contributed by atoms with van der Waals surface area (Å²) in [5.74, 6) is 0.840. The Labute approximate surface area is 224 Å². The second-order valence-corrected chi connectivity index (χ2v) is 10.7. The molecule has 0 aliphatic heterocycles. The van der Waals surface area contributed by atoms with Gasteiger partial charge in [-0.15, -0.1) is 0 Å². The first-order chi connectivity index (χ1) is 18.5. The third kappa shape index (κ3) is 4.29. The van der Waals surface area contributed by atoms with E-state index in [1.807, 2.05) is 6.20 Å². The summed E-state index contributed by atoms with van der Waals surface area (Å²) in [5.41, 5.74) is 10.1. The molecule has 0 atom stereocenters. The predicted octanol–water partition coefficient (Wildman–Crippen LogP) is 9.60. The Bertz CT molecular complexity index is 1700. The van der Waals surface area contributed by atoms with Crippen LogP contribution in [-0.4, -0.2) is 9.97 Å². The van der Waals surface area contributed by atoms with Crippen molar-refractivity contribution in [2.45, 2.75) is 26.2 Å². The summed E-state index contributed by atoms with van der Waals surface area (Å²) in [4.78, 5) is 10.2. The molecule has 0 fully saturated rings. The number of hydrogen-bond acceptors (Lipinski definition) is 2. The third-order valence-electron chi connectivity index (χ3n) is 6.97. The fraction of sp³-hybridized carbons (Fsp3) is 0.111. The zero-order chi connectivity index (χ0) is 26.1. The summed E-state index contributed by atoms with van der Waals surface area (Å²) in [6, 6.07) is 42.8. The van der Waals surface area contributed by atoms with Crippen LogP contribution >= 0.6 is 0 Å². The highest BCUT2D eigenvalue weighted by molar-refractivity contribution is 6.16. The fourth-order valence-corrected chi connectivity index (χ4v) is 5.20. The number of aromatic nitrogens is 2. The Kier molecular flexibility index (Phi) is 6.09. The summed E-state index contributed by atoms with van der Waals surface area (Å²) in [7, 11) is 0. The Balaban J connectivity index is 1.91. The molecule has 6 aromatic rings. The SMILES string of the molecule is CC(C)(C)c1ncc2c(-c3ccccc3)c(-c3ccccc3)c(-c3ccccc3)c(-c3ccccc3)c2n1. The van der Waals surface area contributed by atoms with Crippen LogP contribution in [0.15, 0.2) is 128 Å². The molecule has 38 heavy (non-hydrogen) atoms. The van der Waals surface area contributed by atoms with E-state index in [4.69, 9.17) is 9.97 Å². The first-order valence-corrected chi connectivity index (χ1v) is 13.1. The van der Waals surface area contributed by atoms with Gasteiger partial charge in [0.25, 0.3) is 0 Å². The van der Waals surface area contributed by atoms with Crippen molar-refractivity contribution < 1.29 is 0 Å². The molecule has 0 saturated heterocycles. The lowest BCUT2D eigenvalue weighted by molar-refractivity contribution is 0.548. The second kappa shape index (κ2) is 9.72. The molecular formula is C36H30N2. The molecule has 5 aromatic carbocycles. The van der Waals surface area contributed by atoms with Crippen LogP contribution in [-0.2, 0) is 5.41 Å². The van der Waals surface area contributed by atoms with Crippen molar-refractivity contribution in [3.05, 3.63) is 133 Å². The van der Waals surface area contributed by atoms with Crippen molar-refractivity contribution in [3.63, 3.8) is 0 Å². The van der Waals surface area contributed by atoms with E-state index >= 15 is 0 Å². The van der Waals surface area contributed by atoms with Gasteiger partial charge in [0.2, 0.25) is 0 Å². The van der Waals surface area contributed by atoms with Crippen molar-refractivity contribution >= 4 is 10.9 Å². The first kappa shape index (κ1) is 23.8. The number of benzene rings is 5. The van der Waals surface area contributed by atoms with E-state index in [9.17, 15) is 0 Å². The normalized spacial score (nSPS) is 11.6. The zero-order valence-corrected chi connectivity index (χ0v) is 22.0. The number of rotatable bonds is 4. The molecule has 0 aliphatic carbocycles. The number of fused-ring (bicyclic) bond motifs is 1. The predicted molar refractivity (Wildman–Crippen MR) is 160 cm³/mol. The smallest absolute Gasteiger partial charge is 0.134 e. The summed E-state index contributed by atoms with van der Waals surface area (Å²) in [6.45, 7) is 6.51. The Morgan fingerprint density at radius 2 is 0.816 bits per heavy atom. The van der Waals surface area contributed by atoms with E-state index < -0.39 is 0 Å². The lowest BCUT2D eigenvalue weighted by Gasteiger charge is -2.25. The average Bonchev–Trinajstić information content (AvgIpc) is 2.97. The zero-order valence-electron chi connectivity index (χ0n) is 22.0. The summed E-state index contributed by atoms with van der Waals surface area (Å²) in [6.07, 6.45) is 2.04. The number of hydrogen-bond donors (Lipinski definition) is 0. The van der Waals surface area contributed by atoms with Crippen molar-refractivity contribution in [1.29, 1.82) is 0 Å². The van der Waals surface area contributed by atoms with E-state index in [1.54, 1.807) is 0 Å². The summed E-state index contributed by atoms with van der Waals surface area (Å²) < 4.78 is 0. The van der Waals surface area contributed by atoms with Crippen molar-refractivity contribution in [2.24, 2.45) is 0 Å². The molecule has 1 aromatic heterocycles. The topological polar surface area (TPSA) is 25.8 Å². The van der Waals surface area contributed by atoms with Crippen LogP contribution in [0.4, 0.5) is 0 Å². The van der Waals surface area contributed by atoms with Gasteiger partial charge in [-0.1, -0.05) is 142 Å². The van der Waals surface area contributed by atoms with Gasteiger partial charge in [0, 0.05) is 33.7 Å². The van der Waals surface area contributed by atoms with Gasteiger partial charge >= 0.3 is 0 Å². The van der Waals surface area contributed by atoms with Gasteiger partial charge in [-0.25, -0.2) is 9.97 Å². The minimum absolute atomic E-state index is 0.180. The highest BCUT2D eigenvalue weighted by atomic mass is 14.9. The first-order valence-electron chi connectivity index (χ1n) is 13.1. The number of nitrogens with zero attached hydrogens (tertiary/aromatic N) is 2. The quantitative estimate of drug-likeness (QED) is 0.246. The van der Waals surface area contributed by atoms with Crippen molar-refractivity contribution in [3.8, 4) is 44.5 Å². The fourth-order valence-electron chi connectivity index (χ4n) is 5.20. The van der Waals surface area contributed by atoms with E-state index in [2.05, 4.69) is 142 Å². The molecule has 0 saturated carbocycles. The molecule has 184 valence electrons. The van der Waals surface area contributed by atoms with Gasteiger partial charge in [0.05, 0.1) is 5.52 Å². The van der Waals surface area contributed by atoms with Crippen LogP contribution in [0, 0.1) is 0 Å². The highest BCUT2D eigenvalue weighted by Crippen LogP contribution is 2.50. The minimum atomic E-state index is -0.180. The van der Waals surface area contributed by atoms with Crippen LogP contribution in [0.1, 0.15) is 26.6 Å². The molecule has 2 heteroatoms. The Hall–Kier alpha value is -4.56. The van der Waals surface area contributed by atoms with Gasteiger partial charge in [0.1, 0.15) is 5.82 Å². The Morgan fingerprint density at radius 3 is 1.24 bits per heavy atom. The molecular weight excluding hydrogens is 460 g/mol. The highest BCUT2D eigenvalue weighted by Gasteiger charge is 2.26. The molecule has 0 bridgehead atoms. The maximum atomic E-state index is 5.32. The average molecular weight is 491 g/mol. The van der Waals surface area contributed by atoms with Crippen molar-refractivity contribution in [2.75, 3.05) is 0 Å². The van der Waals surface area contributed by atoms with Gasteiger partial charge in [-0.2, -0.15) is 0 Å². The van der Waals surface area contributed by atoms with Crippen molar-refractivity contribution in [1.82, 2.24) is 9.97 Å². The van der Waals surface area contributed by atoms with Gasteiger partial charge < -0.3 is 0 Å². The molecule has 0 amide bonds. The molecule has 6 rings (SSSR count). The third-order valence-corrected chi connectivity index (χ3v) is 6.97. The maximum Gasteiger partial charge on any atom is 0.134 e. The minimum Gasteiger partial charge on any atom is -0.240 e. The van der Waals surface area contributed by atoms with E-state index in [0.29, 0.717) is 0 Å². The van der Waals surface area contributed by atoms with Gasteiger partial charge in [0.15, 0.2) is 0 Å². The lowest BCUT2D eigenvalue weighted by Crippen LogP contribution is -2.16. The molecule has 0 N–H and O–H groups in total. The van der Waals surface area contributed by atoms with Crippen LogP contribution in [0.25, 0.3) is 55.4 Å². The standard InChI is InChI=1S/C36H30N2/c1-36(2,3)35-37-24-29-30(25-16-8-4-9-17-25)31(26-18-10-5-11-19-26)32(27-20-12-6-13-21-27)33(34(29)38-35)28-22-14-7-15-23-28/h4-24H,1-3H3. The van der Waals surface area contributed by atoms with E-state index in [1.165, 1.54) is 22.3 Å². The van der Waals surface area contributed by atoms with Crippen LogP contribution in [0.2, 0.25) is 0 Å². The summed E-state index contributed by atoms with van der Waals surface area (Å²) in [5, 5.41) is 1.06. The van der Waals surface area contributed by atoms with Crippen LogP contribution < -0.4 is 0 Å². The molecule has 0 unspecified atom stereocenters. The maximum absolute atomic E-state index is 5.32. The Morgan fingerprint density at radius 1 is 0.447 bits per heavy atom. The second-order valence-electron chi connectivity index (χ2n) is 10.7. The lowest BCUT2D eigenvalue weighted by atomic mass is 9.80. The molecule has 0 aliphatic rings. The van der Waals surface area contributed by atoms with E-state index in [-0.39, 0.29) is 5.41 Å². The molecule has 1 heterocycles. The van der Waals surface area contributed by atoms with Crippen LogP contribution in [0.3, 0.4) is 0 Å². The van der Waals surface area contributed by atoms with Gasteiger partial charge in [-0.05, 0) is 27.8 Å². The largest absolute Gasteiger partial charge is 0.240 e. The monoisotopic (exact) mass is 490 g/mol. The molecule has 2 nitrogen and oxygen atoms in total. The molecule has 0 radical (unpaired) electrons. The van der Waals surface area contributed by atoms with Crippen LogP contribution in [0.5, 0.6) is 0 Å². The van der Waals surface area contributed by atoms with Gasteiger partial charge in [-0.3, -0.25) is 0 Å². The van der Waals surface area contributed by atoms with E-state index in [0.717, 1.165) is 39.0 Å².